The minimum Gasteiger partial charge on any atom is -0.421 e. The lowest BCUT2D eigenvalue weighted by Gasteiger charge is -2.22. The highest BCUT2D eigenvalue weighted by Crippen LogP contribution is 2.36. The predicted octanol–water partition coefficient (Wildman–Crippen LogP) is 1.56. The van der Waals surface area contributed by atoms with Crippen LogP contribution in [-0.2, 0) is 26.6 Å². The highest BCUT2D eigenvalue weighted by Gasteiger charge is 2.46. The molecule has 0 radical (unpaired) electrons. The van der Waals surface area contributed by atoms with Gasteiger partial charge in [0.1, 0.15) is 6.07 Å². The Morgan fingerprint density at radius 2 is 1.25 bits per heavy atom. The molecule has 0 aromatic carbocycles. The van der Waals surface area contributed by atoms with Crippen LogP contribution >= 0.6 is 0 Å². The lowest BCUT2D eigenvalue weighted by atomic mass is 10.5. The van der Waals surface area contributed by atoms with Crippen LogP contribution in [0.1, 0.15) is 0 Å². The molecule has 0 atom stereocenters. The number of rotatable bonds is 3. The summed E-state index contributed by atoms with van der Waals surface area (Å²) in [7, 11) is -13.4. The van der Waals surface area contributed by atoms with Crippen molar-refractivity contribution in [3.05, 3.63) is 34.7 Å². The first-order valence-electron chi connectivity index (χ1n) is 5.32. The van der Waals surface area contributed by atoms with E-state index in [-0.39, 0.29) is 0 Å². The zero-order valence-corrected chi connectivity index (χ0v) is 12.8. The number of nitriles is 1. The highest BCUT2D eigenvalue weighted by atomic mass is 32.3. The number of sulfonamides is 2. The zero-order chi connectivity index (χ0) is 19.2. The van der Waals surface area contributed by atoms with Gasteiger partial charge in [-0.05, 0) is 0 Å². The van der Waals surface area contributed by atoms with E-state index in [0.29, 0.717) is 6.54 Å². The quantitative estimate of drug-likeness (QED) is 0.566. The van der Waals surface area contributed by atoms with Gasteiger partial charge in [0.05, 0.1) is 0 Å². The van der Waals surface area contributed by atoms with Crippen molar-refractivity contribution in [2.75, 3.05) is 0 Å². The highest BCUT2D eigenvalue weighted by molar-refractivity contribution is 8.13. The number of nitrogens with zero attached hydrogens (tertiary/aromatic N) is 3. The molecule has 0 aliphatic carbocycles. The van der Waals surface area contributed by atoms with Crippen LogP contribution in [0.3, 0.4) is 0 Å². The standard InChI is InChI=1S/C7H7N2.C2F6NO4S2/c8-4-7-9-5-2-1-3-6-9;3-1(4,5)14(10,11)9-15(12,13)2(6,7)8/h1-3,5-6H,7H2;/q+1;-1. The molecule has 1 aromatic heterocycles. The Morgan fingerprint density at radius 3 is 1.54 bits per heavy atom. The van der Waals surface area contributed by atoms with Crippen LogP contribution in [0.5, 0.6) is 0 Å². The Hall–Kier alpha value is -1.92. The summed E-state index contributed by atoms with van der Waals surface area (Å²) in [6, 6.07) is 7.77. The molecule has 0 aliphatic heterocycles. The molecule has 15 heteroatoms. The fraction of sp³-hybridized carbons (Fsp3) is 0.333. The smallest absolute Gasteiger partial charge is 0.421 e. The molecule has 136 valence electrons. The average Bonchev–Trinajstić information content (AvgIpc) is 2.37. The first-order chi connectivity index (χ1) is 10.6. The Balaban J connectivity index is 0.000000496. The number of pyridine rings is 1. The van der Waals surface area contributed by atoms with Gasteiger partial charge in [-0.3, -0.25) is 0 Å². The van der Waals surface area contributed by atoms with Gasteiger partial charge in [-0.1, -0.05) is 6.07 Å². The maximum absolute atomic E-state index is 11.4. The van der Waals surface area contributed by atoms with Crippen molar-refractivity contribution < 1.29 is 47.7 Å². The van der Waals surface area contributed by atoms with Crippen LogP contribution in [0.4, 0.5) is 26.3 Å². The van der Waals surface area contributed by atoms with Gasteiger partial charge in [0.25, 0.3) is 0 Å². The van der Waals surface area contributed by atoms with Crippen molar-refractivity contribution >= 4 is 20.0 Å². The summed E-state index contributed by atoms with van der Waals surface area (Å²) >= 11 is 0. The van der Waals surface area contributed by atoms with Crippen LogP contribution in [0.25, 0.3) is 4.13 Å². The maximum atomic E-state index is 11.4. The molecule has 0 fully saturated rings. The lowest BCUT2D eigenvalue weighted by Crippen LogP contribution is -2.31. The molecule has 24 heavy (non-hydrogen) atoms. The van der Waals surface area contributed by atoms with Gasteiger partial charge in [0.2, 0.25) is 6.54 Å². The molecule has 7 nitrogen and oxygen atoms in total. The van der Waals surface area contributed by atoms with Gasteiger partial charge in [-0.15, -0.1) is 0 Å². The zero-order valence-electron chi connectivity index (χ0n) is 11.2. The van der Waals surface area contributed by atoms with E-state index >= 15 is 0 Å². The molecule has 0 amide bonds. The monoisotopic (exact) mass is 399 g/mol. The summed E-state index contributed by atoms with van der Waals surface area (Å²) in [5.41, 5.74) is -12.4. The van der Waals surface area contributed by atoms with Crippen molar-refractivity contribution in [3.8, 4) is 6.07 Å². The number of hydrogen-bond acceptors (Lipinski definition) is 5. The van der Waals surface area contributed by atoms with E-state index < -0.39 is 31.1 Å². The third-order valence-electron chi connectivity index (χ3n) is 1.81. The van der Waals surface area contributed by atoms with Crippen LogP contribution in [0, 0.1) is 11.3 Å². The Bertz CT molecular complexity index is 739. The molecule has 0 saturated heterocycles. The van der Waals surface area contributed by atoms with Crippen LogP contribution in [-0.4, -0.2) is 27.9 Å². The molecule has 0 bridgehead atoms. The van der Waals surface area contributed by atoms with E-state index in [1.807, 2.05) is 41.2 Å². The largest absolute Gasteiger partial charge is 0.480 e. The van der Waals surface area contributed by atoms with Crippen molar-refractivity contribution in [1.29, 1.82) is 5.26 Å². The molecule has 0 aliphatic rings. The molecule has 1 rings (SSSR count). The Kier molecular flexibility index (Phi) is 7.15. The van der Waals surface area contributed by atoms with Crippen molar-refractivity contribution in [1.82, 2.24) is 0 Å². The second-order valence-corrected chi connectivity index (χ2v) is 7.04. The van der Waals surface area contributed by atoms with Crippen LogP contribution in [0.15, 0.2) is 30.6 Å². The van der Waals surface area contributed by atoms with Gasteiger partial charge in [0, 0.05) is 12.1 Å². The lowest BCUT2D eigenvalue weighted by molar-refractivity contribution is -0.685. The first kappa shape index (κ1) is 22.1. The molecular weight excluding hydrogens is 392 g/mol. The number of alkyl halides is 6. The third-order valence-corrected chi connectivity index (χ3v) is 4.55. The summed E-state index contributed by atoms with van der Waals surface area (Å²) in [5, 5.41) is 8.25. The summed E-state index contributed by atoms with van der Waals surface area (Å²) < 4.78 is 111. The topological polar surface area (TPSA) is 110 Å². The minimum absolute atomic E-state index is 0.431. The molecule has 1 heterocycles. The first-order valence-corrected chi connectivity index (χ1v) is 8.20. The fourth-order valence-corrected chi connectivity index (χ4v) is 2.54. The summed E-state index contributed by atoms with van der Waals surface area (Å²) in [4.78, 5) is 0. The van der Waals surface area contributed by atoms with E-state index in [4.69, 9.17) is 5.26 Å². The predicted molar refractivity (Wildman–Crippen MR) is 65.6 cm³/mol. The second-order valence-electron chi connectivity index (χ2n) is 3.62. The summed E-state index contributed by atoms with van der Waals surface area (Å²) in [6.45, 7) is 0.431. The van der Waals surface area contributed by atoms with Gasteiger partial charge in [-0.2, -0.15) is 36.2 Å². The number of halogens is 6. The SMILES string of the molecule is N#CC[n+]1ccccc1.O=S(=O)([N-]S(=O)(=O)C(F)(F)F)C(F)(F)F. The van der Waals surface area contributed by atoms with E-state index in [0.717, 1.165) is 4.13 Å². The van der Waals surface area contributed by atoms with Gasteiger partial charge in [-0.25, -0.2) is 16.8 Å². The molecule has 0 spiro atoms. The van der Waals surface area contributed by atoms with Crippen LogP contribution in [0.2, 0.25) is 0 Å². The normalized spacial score (nSPS) is 12.7. The van der Waals surface area contributed by atoms with E-state index in [1.54, 1.807) is 0 Å². The van der Waals surface area contributed by atoms with Crippen molar-refractivity contribution in [3.63, 3.8) is 0 Å². The van der Waals surface area contributed by atoms with Crippen molar-refractivity contribution in [2.45, 2.75) is 17.6 Å². The van der Waals surface area contributed by atoms with E-state index in [2.05, 4.69) is 0 Å². The summed E-state index contributed by atoms with van der Waals surface area (Å²) in [6.07, 6.45) is 3.73. The maximum Gasteiger partial charge on any atom is 0.480 e. The summed E-state index contributed by atoms with van der Waals surface area (Å²) in [5.74, 6) is 0. The molecule has 1 aromatic rings. The van der Waals surface area contributed by atoms with E-state index in [9.17, 15) is 43.2 Å². The molecule has 0 saturated carbocycles. The van der Waals surface area contributed by atoms with Crippen molar-refractivity contribution in [2.24, 2.45) is 0 Å². The third kappa shape index (κ3) is 6.68. The molecule has 0 unspecified atom stereocenters. The fourth-order valence-electron chi connectivity index (χ4n) is 0.835. The van der Waals surface area contributed by atoms with Gasteiger partial charge < -0.3 is 4.13 Å². The Labute approximate surface area is 132 Å². The second kappa shape index (κ2) is 7.77. The van der Waals surface area contributed by atoms with E-state index in [1.165, 1.54) is 0 Å². The number of aromatic nitrogens is 1. The van der Waals surface area contributed by atoms with Gasteiger partial charge >= 0.3 is 11.0 Å². The van der Waals surface area contributed by atoms with Crippen LogP contribution < -0.4 is 4.57 Å². The number of hydrogen-bond donors (Lipinski definition) is 0. The molecule has 0 N–H and O–H groups in total. The molecular formula is C9H7F6N3O4S2. The average molecular weight is 399 g/mol. The minimum atomic E-state index is -6.72. The van der Waals surface area contributed by atoms with Gasteiger partial charge in [0.15, 0.2) is 32.4 Å². The Morgan fingerprint density at radius 1 is 0.875 bits per heavy atom.